The van der Waals surface area contributed by atoms with Gasteiger partial charge in [-0.1, -0.05) is 0 Å². The van der Waals surface area contributed by atoms with E-state index in [1.165, 1.54) is 6.33 Å². The van der Waals surface area contributed by atoms with E-state index in [4.69, 9.17) is 18.9 Å². The average molecular weight is 451 g/mol. The van der Waals surface area contributed by atoms with Crippen molar-refractivity contribution in [2.24, 2.45) is 0 Å². The Labute approximate surface area is 191 Å². The SMILES string of the molecule is COc1ccc(NC(=O)C2=C(C)Nc3ncnn3[C@H]2c2cc(OC)c(OC)cc2OC)cc1. The molecule has 33 heavy (non-hydrogen) atoms. The monoisotopic (exact) mass is 451 g/mol. The van der Waals surface area contributed by atoms with Crippen LogP contribution >= 0.6 is 0 Å². The normalized spacial score (nSPS) is 14.8. The molecule has 1 atom stereocenters. The quantitative estimate of drug-likeness (QED) is 0.564. The summed E-state index contributed by atoms with van der Waals surface area (Å²) in [5, 5.41) is 10.5. The Bertz CT molecular complexity index is 1200. The van der Waals surface area contributed by atoms with Gasteiger partial charge >= 0.3 is 0 Å². The van der Waals surface area contributed by atoms with Crippen LogP contribution in [0.3, 0.4) is 0 Å². The summed E-state index contributed by atoms with van der Waals surface area (Å²) in [6.07, 6.45) is 1.43. The van der Waals surface area contributed by atoms with E-state index < -0.39 is 6.04 Å². The molecule has 0 radical (unpaired) electrons. The lowest BCUT2D eigenvalue weighted by atomic mass is 9.93. The van der Waals surface area contributed by atoms with Gasteiger partial charge in [-0.15, -0.1) is 0 Å². The predicted molar refractivity (Wildman–Crippen MR) is 122 cm³/mol. The van der Waals surface area contributed by atoms with Crippen LogP contribution in [0.4, 0.5) is 11.6 Å². The molecule has 2 heterocycles. The van der Waals surface area contributed by atoms with Crippen LogP contribution in [-0.4, -0.2) is 49.1 Å². The fourth-order valence-electron chi connectivity index (χ4n) is 3.81. The Kier molecular flexibility index (Phi) is 6.07. The molecular weight excluding hydrogens is 426 g/mol. The molecule has 0 spiro atoms. The lowest BCUT2D eigenvalue weighted by molar-refractivity contribution is -0.113. The van der Waals surface area contributed by atoms with Crippen molar-refractivity contribution < 1.29 is 23.7 Å². The number of hydrogen-bond donors (Lipinski definition) is 2. The number of ether oxygens (including phenoxy) is 4. The van der Waals surface area contributed by atoms with Crippen LogP contribution in [0.5, 0.6) is 23.0 Å². The molecule has 2 aromatic carbocycles. The van der Waals surface area contributed by atoms with Crippen LogP contribution in [0.2, 0.25) is 0 Å². The third-order valence-corrected chi connectivity index (χ3v) is 5.42. The highest BCUT2D eigenvalue weighted by molar-refractivity contribution is 6.06. The second kappa shape index (κ2) is 9.11. The first-order valence-electron chi connectivity index (χ1n) is 10.1. The number of carbonyl (C=O) groups excluding carboxylic acids is 1. The molecule has 1 amide bonds. The first kappa shape index (κ1) is 22.0. The summed E-state index contributed by atoms with van der Waals surface area (Å²) in [5.41, 5.74) is 2.39. The summed E-state index contributed by atoms with van der Waals surface area (Å²) < 4.78 is 23.4. The highest BCUT2D eigenvalue weighted by Crippen LogP contribution is 2.43. The zero-order chi connectivity index (χ0) is 23.5. The summed E-state index contributed by atoms with van der Waals surface area (Å²) in [4.78, 5) is 17.8. The first-order valence-corrected chi connectivity index (χ1v) is 10.1. The van der Waals surface area contributed by atoms with Crippen LogP contribution in [-0.2, 0) is 4.79 Å². The Morgan fingerprint density at radius 3 is 2.27 bits per heavy atom. The van der Waals surface area contributed by atoms with E-state index in [0.29, 0.717) is 51.5 Å². The summed E-state index contributed by atoms with van der Waals surface area (Å²) in [5.74, 6) is 2.44. The fraction of sp³-hybridized carbons (Fsp3) is 0.261. The van der Waals surface area contributed by atoms with Gasteiger partial charge in [0.2, 0.25) is 5.95 Å². The van der Waals surface area contributed by atoms with Gasteiger partial charge < -0.3 is 29.6 Å². The molecular formula is C23H25N5O5. The number of aromatic nitrogens is 3. The molecule has 2 N–H and O–H groups in total. The van der Waals surface area contributed by atoms with Crippen LogP contribution in [0, 0.1) is 0 Å². The lowest BCUT2D eigenvalue weighted by Crippen LogP contribution is -2.31. The van der Waals surface area contributed by atoms with Crippen molar-refractivity contribution in [3.8, 4) is 23.0 Å². The molecule has 1 aromatic heterocycles. The zero-order valence-electron chi connectivity index (χ0n) is 19.0. The van der Waals surface area contributed by atoms with Crippen molar-refractivity contribution in [3.05, 3.63) is 59.6 Å². The van der Waals surface area contributed by atoms with Crippen molar-refractivity contribution >= 4 is 17.5 Å². The lowest BCUT2D eigenvalue weighted by Gasteiger charge is -2.30. The second-order valence-corrected chi connectivity index (χ2v) is 7.23. The number of nitrogens with zero attached hydrogens (tertiary/aromatic N) is 3. The molecule has 10 heteroatoms. The van der Waals surface area contributed by atoms with Gasteiger partial charge in [0.15, 0.2) is 11.5 Å². The summed E-state index contributed by atoms with van der Waals surface area (Å²) in [7, 11) is 6.25. The van der Waals surface area contributed by atoms with Crippen molar-refractivity contribution in [2.75, 3.05) is 39.1 Å². The van der Waals surface area contributed by atoms with Crippen LogP contribution in [0.25, 0.3) is 0 Å². The van der Waals surface area contributed by atoms with Gasteiger partial charge in [0, 0.05) is 23.0 Å². The first-order chi connectivity index (χ1) is 16.0. The Balaban J connectivity index is 1.81. The second-order valence-electron chi connectivity index (χ2n) is 7.23. The number of allylic oxidation sites excluding steroid dienone is 1. The molecule has 4 rings (SSSR count). The average Bonchev–Trinajstić information content (AvgIpc) is 3.30. The zero-order valence-corrected chi connectivity index (χ0v) is 19.0. The summed E-state index contributed by atoms with van der Waals surface area (Å²) in [6, 6.07) is 9.98. The third-order valence-electron chi connectivity index (χ3n) is 5.42. The minimum atomic E-state index is -0.628. The van der Waals surface area contributed by atoms with E-state index in [1.54, 1.807) is 69.5 Å². The number of amides is 1. The number of hydrogen-bond acceptors (Lipinski definition) is 8. The summed E-state index contributed by atoms with van der Waals surface area (Å²) in [6.45, 7) is 1.82. The number of anilines is 2. The smallest absolute Gasteiger partial charge is 0.255 e. The Morgan fingerprint density at radius 1 is 0.970 bits per heavy atom. The molecule has 172 valence electrons. The van der Waals surface area contributed by atoms with Gasteiger partial charge in [0.25, 0.3) is 5.91 Å². The van der Waals surface area contributed by atoms with Gasteiger partial charge in [-0.3, -0.25) is 4.79 Å². The Hall–Kier alpha value is -4.21. The molecule has 3 aromatic rings. The minimum Gasteiger partial charge on any atom is -0.497 e. The van der Waals surface area contributed by atoms with Crippen molar-refractivity contribution in [1.82, 2.24) is 14.8 Å². The number of carbonyl (C=O) groups is 1. The van der Waals surface area contributed by atoms with E-state index in [2.05, 4.69) is 20.7 Å². The molecule has 0 saturated carbocycles. The number of methoxy groups -OCH3 is 4. The van der Waals surface area contributed by atoms with Crippen molar-refractivity contribution in [1.29, 1.82) is 0 Å². The third kappa shape index (κ3) is 4.02. The topological polar surface area (TPSA) is 109 Å². The van der Waals surface area contributed by atoms with E-state index in [0.717, 1.165) is 0 Å². The van der Waals surface area contributed by atoms with Crippen LogP contribution < -0.4 is 29.6 Å². The van der Waals surface area contributed by atoms with Gasteiger partial charge in [0.05, 0.1) is 34.0 Å². The maximum atomic E-state index is 13.5. The van der Waals surface area contributed by atoms with Gasteiger partial charge in [-0.2, -0.15) is 10.1 Å². The fourth-order valence-corrected chi connectivity index (χ4v) is 3.81. The largest absolute Gasteiger partial charge is 0.497 e. The molecule has 0 fully saturated rings. The van der Waals surface area contributed by atoms with Crippen LogP contribution in [0.15, 0.2) is 54.0 Å². The molecule has 0 unspecified atom stereocenters. The van der Waals surface area contributed by atoms with Gasteiger partial charge in [-0.05, 0) is 37.3 Å². The highest BCUT2D eigenvalue weighted by Gasteiger charge is 2.36. The van der Waals surface area contributed by atoms with Crippen LogP contribution in [0.1, 0.15) is 18.5 Å². The number of rotatable bonds is 7. The van der Waals surface area contributed by atoms with E-state index in [1.807, 2.05) is 6.92 Å². The van der Waals surface area contributed by atoms with E-state index in [9.17, 15) is 4.79 Å². The van der Waals surface area contributed by atoms with Gasteiger partial charge in [-0.25, -0.2) is 4.68 Å². The standard InChI is InChI=1S/C23H25N5O5/c1-13-20(22(29)27-14-6-8-15(30-2)9-7-14)21(28-23(26-13)24-12-25-28)16-10-18(32-4)19(33-5)11-17(16)31-3/h6-12,21H,1-5H3,(H,27,29)(H,24,25,26)/t21-/m0/s1. The molecule has 0 aliphatic carbocycles. The Morgan fingerprint density at radius 2 is 1.64 bits per heavy atom. The molecule has 1 aliphatic heterocycles. The predicted octanol–water partition coefficient (Wildman–Crippen LogP) is 3.24. The van der Waals surface area contributed by atoms with Crippen molar-refractivity contribution in [2.45, 2.75) is 13.0 Å². The summed E-state index contributed by atoms with van der Waals surface area (Å²) >= 11 is 0. The maximum absolute atomic E-state index is 13.5. The maximum Gasteiger partial charge on any atom is 0.255 e. The number of fused-ring (bicyclic) bond motifs is 1. The van der Waals surface area contributed by atoms with Crippen molar-refractivity contribution in [3.63, 3.8) is 0 Å². The number of nitrogens with one attached hydrogen (secondary N) is 2. The number of benzene rings is 2. The van der Waals surface area contributed by atoms with E-state index in [-0.39, 0.29) is 5.91 Å². The van der Waals surface area contributed by atoms with Gasteiger partial charge in [0.1, 0.15) is 23.9 Å². The highest BCUT2D eigenvalue weighted by atomic mass is 16.5. The minimum absolute atomic E-state index is 0.298. The molecule has 1 aliphatic rings. The molecule has 0 saturated heterocycles. The van der Waals surface area contributed by atoms with E-state index >= 15 is 0 Å². The molecule has 0 bridgehead atoms. The molecule has 10 nitrogen and oxygen atoms in total.